The van der Waals surface area contributed by atoms with Crippen molar-refractivity contribution in [2.24, 2.45) is 5.92 Å². The van der Waals surface area contributed by atoms with E-state index in [1.165, 1.54) is 5.57 Å². The summed E-state index contributed by atoms with van der Waals surface area (Å²) >= 11 is 0. The molecule has 24 heavy (non-hydrogen) atoms. The SMILES string of the molecule is CC(C)/C1=C/[C@H](O)[C@](C)(O)CC/C=C(\CO)CC[C@@H]2O[C@@]2(C)CC1. The van der Waals surface area contributed by atoms with Crippen molar-refractivity contribution in [2.75, 3.05) is 6.61 Å². The van der Waals surface area contributed by atoms with Crippen molar-refractivity contribution in [3.05, 3.63) is 23.3 Å². The largest absolute Gasteiger partial charge is 0.392 e. The highest BCUT2D eigenvalue weighted by atomic mass is 16.6. The molecule has 0 radical (unpaired) electrons. The fourth-order valence-electron chi connectivity index (χ4n) is 3.49. The van der Waals surface area contributed by atoms with Crippen LogP contribution < -0.4 is 0 Å². The monoisotopic (exact) mass is 338 g/mol. The van der Waals surface area contributed by atoms with Crippen LogP contribution in [0.1, 0.15) is 66.2 Å². The van der Waals surface area contributed by atoms with E-state index >= 15 is 0 Å². The Kier molecular flexibility index (Phi) is 6.29. The first-order chi connectivity index (χ1) is 11.2. The number of ether oxygens (including phenoxy) is 1. The number of aliphatic hydroxyl groups is 3. The van der Waals surface area contributed by atoms with Crippen molar-refractivity contribution in [3.63, 3.8) is 0 Å². The molecule has 0 spiro atoms. The van der Waals surface area contributed by atoms with Crippen LogP contribution in [-0.2, 0) is 4.74 Å². The highest BCUT2D eigenvalue weighted by molar-refractivity contribution is 5.15. The van der Waals surface area contributed by atoms with Crippen LogP contribution in [0.5, 0.6) is 0 Å². The Balaban J connectivity index is 2.20. The Morgan fingerprint density at radius 1 is 1.25 bits per heavy atom. The Morgan fingerprint density at radius 3 is 2.58 bits per heavy atom. The van der Waals surface area contributed by atoms with Crippen LogP contribution in [0, 0.1) is 5.92 Å². The normalized spacial score (nSPS) is 43.2. The molecule has 2 rings (SSSR count). The van der Waals surface area contributed by atoms with Crippen LogP contribution >= 0.6 is 0 Å². The Hall–Kier alpha value is -0.680. The predicted molar refractivity (Wildman–Crippen MR) is 95.7 cm³/mol. The molecular formula is C20H34O4. The van der Waals surface area contributed by atoms with Crippen molar-refractivity contribution in [1.82, 2.24) is 0 Å². The summed E-state index contributed by atoms with van der Waals surface area (Å²) in [5, 5.41) is 30.6. The van der Waals surface area contributed by atoms with Crippen molar-refractivity contribution >= 4 is 0 Å². The van der Waals surface area contributed by atoms with E-state index < -0.39 is 11.7 Å². The number of allylic oxidation sites excluding steroid dienone is 2. The highest BCUT2D eigenvalue weighted by Gasteiger charge is 2.50. The smallest absolute Gasteiger partial charge is 0.101 e. The minimum Gasteiger partial charge on any atom is -0.392 e. The van der Waals surface area contributed by atoms with Gasteiger partial charge in [0.1, 0.15) is 6.10 Å². The number of hydrogen-bond acceptors (Lipinski definition) is 4. The van der Waals surface area contributed by atoms with Gasteiger partial charge < -0.3 is 20.1 Å². The van der Waals surface area contributed by atoms with Gasteiger partial charge in [-0.1, -0.05) is 31.6 Å². The molecule has 0 aromatic rings. The number of rotatable bonds is 2. The van der Waals surface area contributed by atoms with E-state index in [0.717, 1.165) is 31.3 Å². The molecule has 4 atom stereocenters. The highest BCUT2D eigenvalue weighted by Crippen LogP contribution is 2.44. The number of epoxide rings is 1. The van der Waals surface area contributed by atoms with Gasteiger partial charge >= 0.3 is 0 Å². The molecule has 4 heteroatoms. The molecule has 1 fully saturated rings. The van der Waals surface area contributed by atoms with Gasteiger partial charge in [0, 0.05) is 0 Å². The second-order valence-corrected chi connectivity index (χ2v) is 8.22. The van der Waals surface area contributed by atoms with Crippen LogP contribution in [0.15, 0.2) is 23.3 Å². The number of fused-ring (bicyclic) bond motifs is 1. The lowest BCUT2D eigenvalue weighted by Crippen LogP contribution is -2.38. The summed E-state index contributed by atoms with van der Waals surface area (Å²) in [6, 6.07) is 0. The van der Waals surface area contributed by atoms with Crippen LogP contribution in [0.25, 0.3) is 0 Å². The molecule has 0 aromatic heterocycles. The minimum atomic E-state index is -1.16. The molecule has 4 nitrogen and oxygen atoms in total. The van der Waals surface area contributed by atoms with Gasteiger partial charge in [-0.25, -0.2) is 0 Å². The molecule has 0 bridgehead atoms. The second kappa shape index (κ2) is 7.69. The van der Waals surface area contributed by atoms with Crippen molar-refractivity contribution in [3.8, 4) is 0 Å². The molecule has 1 aliphatic heterocycles. The first-order valence-corrected chi connectivity index (χ1v) is 9.25. The molecule has 0 unspecified atom stereocenters. The molecule has 3 N–H and O–H groups in total. The Bertz CT molecular complexity index is 492. The number of aliphatic hydroxyl groups excluding tert-OH is 2. The van der Waals surface area contributed by atoms with Gasteiger partial charge in [0.05, 0.1) is 23.9 Å². The quantitative estimate of drug-likeness (QED) is 0.534. The first-order valence-electron chi connectivity index (χ1n) is 9.25. The number of hydrogen-bond donors (Lipinski definition) is 3. The Morgan fingerprint density at radius 2 is 1.96 bits per heavy atom. The van der Waals surface area contributed by atoms with E-state index in [1.54, 1.807) is 6.92 Å². The third-order valence-electron chi connectivity index (χ3n) is 5.71. The van der Waals surface area contributed by atoms with Gasteiger partial charge in [-0.05, 0) is 63.9 Å². The summed E-state index contributed by atoms with van der Waals surface area (Å²) in [5.41, 5.74) is 0.922. The summed E-state index contributed by atoms with van der Waals surface area (Å²) in [4.78, 5) is 0. The van der Waals surface area contributed by atoms with E-state index in [9.17, 15) is 15.3 Å². The van der Waals surface area contributed by atoms with Crippen LogP contribution in [0.4, 0.5) is 0 Å². The topological polar surface area (TPSA) is 73.2 Å². The van der Waals surface area contributed by atoms with Crippen LogP contribution in [-0.4, -0.2) is 45.3 Å². The zero-order valence-electron chi connectivity index (χ0n) is 15.6. The van der Waals surface area contributed by atoms with Gasteiger partial charge in [0.25, 0.3) is 0 Å². The maximum atomic E-state index is 10.6. The fraction of sp³-hybridized carbons (Fsp3) is 0.800. The second-order valence-electron chi connectivity index (χ2n) is 8.22. The average molecular weight is 338 g/mol. The zero-order valence-corrected chi connectivity index (χ0v) is 15.6. The summed E-state index contributed by atoms with van der Waals surface area (Å²) in [6.07, 6.45) is 7.90. The zero-order chi connectivity index (χ0) is 18.0. The standard InChI is InChI=1S/C20H34O4/c1-14(2)16-9-11-20(4)18(24-20)8-7-15(13-21)6-5-10-19(3,23)17(22)12-16/h6,12,14,17-18,21-23H,5,7-11,13H2,1-4H3/b15-6-,16-12+/t17-,18-,19+,20-/m0/s1. The molecule has 2 aliphatic rings. The lowest BCUT2D eigenvalue weighted by molar-refractivity contribution is -0.0433. The molecule has 1 saturated heterocycles. The van der Waals surface area contributed by atoms with E-state index in [2.05, 4.69) is 20.8 Å². The maximum Gasteiger partial charge on any atom is 0.101 e. The van der Waals surface area contributed by atoms with E-state index in [1.807, 2.05) is 12.2 Å². The maximum absolute atomic E-state index is 10.6. The summed E-state index contributed by atoms with van der Waals surface area (Å²) in [7, 11) is 0. The lowest BCUT2D eigenvalue weighted by atomic mass is 9.86. The van der Waals surface area contributed by atoms with Crippen LogP contribution in [0.2, 0.25) is 0 Å². The summed E-state index contributed by atoms with van der Waals surface area (Å²) in [5.74, 6) is 0.338. The van der Waals surface area contributed by atoms with E-state index in [4.69, 9.17) is 4.74 Å². The molecule has 138 valence electrons. The lowest BCUT2D eigenvalue weighted by Gasteiger charge is -2.28. The molecule has 1 aliphatic carbocycles. The third kappa shape index (κ3) is 4.92. The van der Waals surface area contributed by atoms with E-state index in [0.29, 0.717) is 18.8 Å². The molecule has 1 heterocycles. The molecule has 0 amide bonds. The summed E-state index contributed by atoms with van der Waals surface area (Å²) < 4.78 is 5.92. The molecule has 0 aromatic carbocycles. The summed E-state index contributed by atoms with van der Waals surface area (Å²) in [6.45, 7) is 8.13. The van der Waals surface area contributed by atoms with Gasteiger partial charge in [-0.15, -0.1) is 0 Å². The van der Waals surface area contributed by atoms with E-state index in [-0.39, 0.29) is 18.3 Å². The van der Waals surface area contributed by atoms with Gasteiger partial charge in [0.2, 0.25) is 0 Å². The average Bonchev–Trinajstić information content (AvgIpc) is 3.16. The Labute approximate surface area is 146 Å². The molecule has 0 saturated carbocycles. The first kappa shape index (κ1) is 19.6. The fourth-order valence-corrected chi connectivity index (χ4v) is 3.49. The van der Waals surface area contributed by atoms with Crippen molar-refractivity contribution in [2.45, 2.75) is 89.6 Å². The van der Waals surface area contributed by atoms with Gasteiger partial charge in [-0.3, -0.25) is 0 Å². The predicted octanol–water partition coefficient (Wildman–Crippen LogP) is 3.11. The molecular weight excluding hydrogens is 304 g/mol. The third-order valence-corrected chi connectivity index (χ3v) is 5.71. The van der Waals surface area contributed by atoms with Gasteiger partial charge in [-0.2, -0.15) is 0 Å². The van der Waals surface area contributed by atoms with Crippen LogP contribution in [0.3, 0.4) is 0 Å². The van der Waals surface area contributed by atoms with Crippen molar-refractivity contribution < 1.29 is 20.1 Å². The van der Waals surface area contributed by atoms with Crippen molar-refractivity contribution in [1.29, 1.82) is 0 Å². The van der Waals surface area contributed by atoms with Gasteiger partial charge in [0.15, 0.2) is 0 Å². The minimum absolute atomic E-state index is 0.0472.